The van der Waals surface area contributed by atoms with Crippen molar-refractivity contribution < 1.29 is 0 Å². The molecule has 0 N–H and O–H groups in total. The zero-order chi connectivity index (χ0) is 13.4. The largest absolute Gasteiger partial charge is 0.201 e. The summed E-state index contributed by atoms with van der Waals surface area (Å²) >= 11 is 46.5. The van der Waals surface area contributed by atoms with Gasteiger partial charge in [0.15, 0.2) is 0 Å². The maximum atomic E-state index is 5.87. The average Bonchev–Trinajstić information content (AvgIpc) is 2.06. The summed E-state index contributed by atoms with van der Waals surface area (Å²) < 4.78 is -3.58. The molecule has 8 heteroatoms. The van der Waals surface area contributed by atoms with Crippen LogP contribution in [-0.4, -0.2) is 7.59 Å². The molecular formula is C9H4Cl8. The van der Waals surface area contributed by atoms with E-state index in [4.69, 9.17) is 92.8 Å². The highest BCUT2D eigenvalue weighted by atomic mass is 35.6. The molecule has 0 atom stereocenters. The SMILES string of the molecule is Clc1ccc(C(C(Cl)(Cl)Cl)C(Cl)(Cl)Cl)cc1Cl. The molecule has 96 valence electrons. The van der Waals surface area contributed by atoms with Gasteiger partial charge in [0.25, 0.3) is 0 Å². The Bertz CT molecular complexity index is 388. The third kappa shape index (κ3) is 4.54. The standard InChI is InChI=1S/C9H4Cl8/c10-5-2-1-4(3-6(5)11)7(8(12,13)14)9(15,16)17/h1-3,7H. The molecule has 0 unspecified atom stereocenters. The lowest BCUT2D eigenvalue weighted by Crippen LogP contribution is -2.29. The zero-order valence-corrected chi connectivity index (χ0v) is 13.9. The Labute approximate surface area is 139 Å². The summed E-state index contributed by atoms with van der Waals surface area (Å²) in [5.74, 6) is -0.972. The minimum absolute atomic E-state index is 0.290. The fourth-order valence-electron chi connectivity index (χ4n) is 1.26. The average molecular weight is 396 g/mol. The van der Waals surface area contributed by atoms with Crippen molar-refractivity contribution in [1.29, 1.82) is 0 Å². The highest BCUT2D eigenvalue weighted by Crippen LogP contribution is 2.54. The van der Waals surface area contributed by atoms with Crippen molar-refractivity contribution in [2.75, 3.05) is 0 Å². The number of halogens is 8. The van der Waals surface area contributed by atoms with Gasteiger partial charge in [-0.05, 0) is 17.7 Å². The van der Waals surface area contributed by atoms with Gasteiger partial charge in [0.05, 0.1) is 16.0 Å². The number of hydrogen-bond donors (Lipinski definition) is 0. The summed E-state index contributed by atoms with van der Waals surface area (Å²) in [6, 6.07) is 4.63. The van der Waals surface area contributed by atoms with Crippen molar-refractivity contribution in [2.45, 2.75) is 13.5 Å². The lowest BCUT2D eigenvalue weighted by atomic mass is 10.0. The Morgan fingerprint density at radius 2 is 1.24 bits per heavy atom. The van der Waals surface area contributed by atoms with Gasteiger partial charge in [-0.2, -0.15) is 0 Å². The summed E-state index contributed by atoms with van der Waals surface area (Å²) in [4.78, 5) is 0. The predicted molar refractivity (Wildman–Crippen MR) is 79.8 cm³/mol. The molecular weight excluding hydrogens is 392 g/mol. The van der Waals surface area contributed by atoms with Crippen LogP contribution < -0.4 is 0 Å². The molecule has 0 nitrogen and oxygen atoms in total. The first-order valence-electron chi connectivity index (χ1n) is 4.12. The van der Waals surface area contributed by atoms with Crippen LogP contribution in [0, 0.1) is 0 Å². The maximum absolute atomic E-state index is 5.87. The zero-order valence-electron chi connectivity index (χ0n) is 7.83. The van der Waals surface area contributed by atoms with Gasteiger partial charge in [-0.1, -0.05) is 98.9 Å². The van der Waals surface area contributed by atoms with Crippen LogP contribution in [0.4, 0.5) is 0 Å². The van der Waals surface area contributed by atoms with Gasteiger partial charge in [-0.3, -0.25) is 0 Å². The van der Waals surface area contributed by atoms with Gasteiger partial charge >= 0.3 is 0 Å². The second-order valence-electron chi connectivity index (χ2n) is 3.19. The molecule has 0 fully saturated rings. The van der Waals surface area contributed by atoms with Gasteiger partial charge in [-0.15, -0.1) is 0 Å². The lowest BCUT2D eigenvalue weighted by Gasteiger charge is -2.30. The lowest BCUT2D eigenvalue weighted by molar-refractivity contribution is 0.725. The summed E-state index contributed by atoms with van der Waals surface area (Å²) in [6.07, 6.45) is 0. The molecule has 1 aromatic rings. The van der Waals surface area contributed by atoms with E-state index < -0.39 is 13.5 Å². The van der Waals surface area contributed by atoms with Crippen molar-refractivity contribution in [2.24, 2.45) is 0 Å². The van der Waals surface area contributed by atoms with Crippen LogP contribution in [0.1, 0.15) is 11.5 Å². The minimum atomic E-state index is -1.79. The van der Waals surface area contributed by atoms with Crippen LogP contribution in [0.5, 0.6) is 0 Å². The number of benzene rings is 1. The van der Waals surface area contributed by atoms with Crippen LogP contribution in [0.15, 0.2) is 18.2 Å². The molecule has 0 spiro atoms. The van der Waals surface area contributed by atoms with Gasteiger partial charge < -0.3 is 0 Å². The Kier molecular flexibility index (Phi) is 5.75. The molecule has 0 saturated heterocycles. The smallest absolute Gasteiger partial charge is 0.0828 e. The second kappa shape index (κ2) is 5.89. The molecule has 0 amide bonds. The van der Waals surface area contributed by atoms with E-state index >= 15 is 0 Å². The molecule has 0 aromatic heterocycles. The van der Waals surface area contributed by atoms with E-state index in [-0.39, 0.29) is 5.02 Å². The van der Waals surface area contributed by atoms with Crippen LogP contribution in [0.3, 0.4) is 0 Å². The van der Waals surface area contributed by atoms with Crippen LogP contribution in [0.2, 0.25) is 10.0 Å². The van der Waals surface area contributed by atoms with E-state index in [1.54, 1.807) is 12.1 Å². The van der Waals surface area contributed by atoms with E-state index in [9.17, 15) is 0 Å². The van der Waals surface area contributed by atoms with E-state index in [0.29, 0.717) is 10.6 Å². The molecule has 0 bridgehead atoms. The third-order valence-electron chi connectivity index (χ3n) is 1.93. The summed E-state index contributed by atoms with van der Waals surface area (Å²) in [6.45, 7) is 0. The van der Waals surface area contributed by atoms with Crippen molar-refractivity contribution in [3.8, 4) is 0 Å². The Morgan fingerprint density at radius 1 is 0.765 bits per heavy atom. The molecule has 1 rings (SSSR count). The first-order chi connectivity index (χ1) is 7.53. The third-order valence-corrected chi connectivity index (χ3v) is 3.98. The number of rotatable bonds is 1. The van der Waals surface area contributed by atoms with E-state index in [0.717, 1.165) is 0 Å². The summed E-state index contributed by atoms with van der Waals surface area (Å²) in [7, 11) is 0. The van der Waals surface area contributed by atoms with Crippen LogP contribution in [0.25, 0.3) is 0 Å². The predicted octanol–water partition coefficient (Wildman–Crippen LogP) is 6.82. The fourth-order valence-corrected chi connectivity index (χ4v) is 3.80. The monoisotopic (exact) mass is 392 g/mol. The van der Waals surface area contributed by atoms with Gasteiger partial charge in [-0.25, -0.2) is 0 Å². The minimum Gasteiger partial charge on any atom is -0.0828 e. The molecule has 0 aliphatic heterocycles. The first kappa shape index (κ1) is 16.6. The van der Waals surface area contributed by atoms with Gasteiger partial charge in [0.1, 0.15) is 0 Å². The van der Waals surface area contributed by atoms with Crippen molar-refractivity contribution in [3.63, 3.8) is 0 Å². The maximum Gasteiger partial charge on any atom is 0.201 e. The van der Waals surface area contributed by atoms with Crippen molar-refractivity contribution in [3.05, 3.63) is 33.8 Å². The highest BCUT2D eigenvalue weighted by molar-refractivity contribution is 6.73. The van der Waals surface area contributed by atoms with Crippen LogP contribution >= 0.6 is 92.8 Å². The number of alkyl halides is 6. The summed E-state index contributed by atoms with van der Waals surface area (Å²) in [5.41, 5.74) is 0.472. The molecule has 0 aliphatic rings. The molecule has 0 radical (unpaired) electrons. The topological polar surface area (TPSA) is 0 Å². The molecule has 1 aromatic carbocycles. The molecule has 0 heterocycles. The fraction of sp³-hybridized carbons (Fsp3) is 0.333. The van der Waals surface area contributed by atoms with Crippen molar-refractivity contribution in [1.82, 2.24) is 0 Å². The normalized spacial score (nSPS) is 13.2. The Hall–Kier alpha value is 1.54. The Morgan fingerprint density at radius 3 is 1.59 bits per heavy atom. The second-order valence-corrected chi connectivity index (χ2v) is 8.74. The van der Waals surface area contributed by atoms with Crippen molar-refractivity contribution >= 4 is 92.8 Å². The molecule has 17 heavy (non-hydrogen) atoms. The molecule has 0 saturated carbocycles. The molecule has 0 aliphatic carbocycles. The summed E-state index contributed by atoms with van der Waals surface area (Å²) in [5, 5.41) is 0.653. The van der Waals surface area contributed by atoms with Gasteiger partial charge in [0.2, 0.25) is 7.59 Å². The van der Waals surface area contributed by atoms with Crippen LogP contribution in [-0.2, 0) is 0 Å². The van der Waals surface area contributed by atoms with E-state index in [2.05, 4.69) is 0 Å². The highest BCUT2D eigenvalue weighted by Gasteiger charge is 2.47. The Balaban J connectivity index is 3.29. The van der Waals surface area contributed by atoms with E-state index in [1.807, 2.05) is 0 Å². The van der Waals surface area contributed by atoms with E-state index in [1.165, 1.54) is 6.07 Å². The first-order valence-corrected chi connectivity index (χ1v) is 7.14. The number of hydrogen-bond acceptors (Lipinski definition) is 0. The van der Waals surface area contributed by atoms with Gasteiger partial charge in [0, 0.05) is 0 Å². The quantitative estimate of drug-likeness (QED) is 0.458.